The molecule has 9 heteroatoms. The SMILES string of the molecule is CSc1nnc(SCC(=O)N2CCCC2c2ccc3c(c2)OCCO3)s1. The van der Waals surface area contributed by atoms with Gasteiger partial charge in [-0.25, -0.2) is 0 Å². The van der Waals surface area contributed by atoms with E-state index < -0.39 is 0 Å². The van der Waals surface area contributed by atoms with Gasteiger partial charge in [-0.15, -0.1) is 10.2 Å². The van der Waals surface area contributed by atoms with Gasteiger partial charge in [0.1, 0.15) is 13.2 Å². The van der Waals surface area contributed by atoms with Crippen molar-refractivity contribution in [3.63, 3.8) is 0 Å². The number of carbonyl (C=O) groups excluding carboxylic acids is 1. The highest BCUT2D eigenvalue weighted by Gasteiger charge is 2.31. The first-order valence-corrected chi connectivity index (χ1v) is 11.5. The van der Waals surface area contributed by atoms with Crippen molar-refractivity contribution in [3.8, 4) is 11.5 Å². The lowest BCUT2D eigenvalue weighted by Gasteiger charge is -2.26. The van der Waals surface area contributed by atoms with E-state index in [9.17, 15) is 4.79 Å². The summed E-state index contributed by atoms with van der Waals surface area (Å²) in [6, 6.07) is 6.12. The zero-order chi connectivity index (χ0) is 17.9. The summed E-state index contributed by atoms with van der Waals surface area (Å²) in [5, 5.41) is 8.19. The first-order chi connectivity index (χ1) is 12.7. The minimum atomic E-state index is 0.107. The standard InChI is InChI=1S/C17H19N3O3S3/c1-24-16-18-19-17(26-16)25-10-15(21)20-6-2-3-12(20)11-4-5-13-14(9-11)23-8-7-22-13/h4-5,9,12H,2-3,6-8,10H2,1H3. The van der Waals surface area contributed by atoms with Crippen LogP contribution in [0.3, 0.4) is 0 Å². The minimum absolute atomic E-state index is 0.107. The summed E-state index contributed by atoms with van der Waals surface area (Å²) in [5.74, 6) is 2.10. The van der Waals surface area contributed by atoms with Crippen LogP contribution in [0.1, 0.15) is 24.4 Å². The van der Waals surface area contributed by atoms with Gasteiger partial charge in [-0.1, -0.05) is 40.9 Å². The summed E-state index contributed by atoms with van der Waals surface area (Å²) in [6.45, 7) is 1.95. The average molecular weight is 410 g/mol. The average Bonchev–Trinajstić information content (AvgIpc) is 3.35. The van der Waals surface area contributed by atoms with Crippen molar-refractivity contribution in [1.29, 1.82) is 0 Å². The zero-order valence-electron chi connectivity index (χ0n) is 14.3. The molecule has 1 aromatic heterocycles. The molecule has 1 aromatic carbocycles. The summed E-state index contributed by atoms with van der Waals surface area (Å²) in [4.78, 5) is 14.7. The molecule has 4 rings (SSSR count). The van der Waals surface area contributed by atoms with E-state index in [1.165, 1.54) is 23.1 Å². The van der Waals surface area contributed by atoms with E-state index in [1.807, 2.05) is 29.4 Å². The van der Waals surface area contributed by atoms with Crippen LogP contribution in [0, 0.1) is 0 Å². The first kappa shape index (κ1) is 17.9. The topological polar surface area (TPSA) is 64.6 Å². The summed E-state index contributed by atoms with van der Waals surface area (Å²) >= 11 is 4.57. The molecule has 1 unspecified atom stereocenters. The number of carbonyl (C=O) groups is 1. The Morgan fingerprint density at radius 3 is 2.88 bits per heavy atom. The normalized spacial score (nSPS) is 19.0. The Kier molecular flexibility index (Phi) is 5.56. The second kappa shape index (κ2) is 8.06. The molecule has 2 aliphatic rings. The Labute approximate surface area is 164 Å². The number of aromatic nitrogens is 2. The molecule has 0 aliphatic carbocycles. The van der Waals surface area contributed by atoms with Crippen molar-refractivity contribution < 1.29 is 14.3 Å². The van der Waals surface area contributed by atoms with Crippen molar-refractivity contribution in [2.75, 3.05) is 31.8 Å². The molecule has 1 saturated heterocycles. The second-order valence-corrected chi connectivity index (χ2v) is 9.23. The van der Waals surface area contributed by atoms with Crippen molar-refractivity contribution in [2.24, 2.45) is 0 Å². The van der Waals surface area contributed by atoms with Crippen LogP contribution in [-0.2, 0) is 4.79 Å². The molecule has 1 atom stereocenters. The summed E-state index contributed by atoms with van der Waals surface area (Å²) in [6.07, 6.45) is 3.97. The van der Waals surface area contributed by atoms with E-state index in [0.29, 0.717) is 19.0 Å². The number of benzene rings is 1. The largest absolute Gasteiger partial charge is 0.486 e. The Bertz CT molecular complexity index is 799. The van der Waals surface area contributed by atoms with Crippen LogP contribution in [0.25, 0.3) is 0 Å². The van der Waals surface area contributed by atoms with E-state index in [2.05, 4.69) is 10.2 Å². The molecule has 26 heavy (non-hydrogen) atoms. The van der Waals surface area contributed by atoms with E-state index in [1.54, 1.807) is 11.8 Å². The monoisotopic (exact) mass is 409 g/mol. The number of hydrogen-bond acceptors (Lipinski definition) is 8. The van der Waals surface area contributed by atoms with Crippen molar-refractivity contribution >= 4 is 40.8 Å². The van der Waals surface area contributed by atoms with Gasteiger partial charge in [0.25, 0.3) is 0 Å². The van der Waals surface area contributed by atoms with Gasteiger partial charge in [-0.3, -0.25) is 4.79 Å². The van der Waals surface area contributed by atoms with E-state index in [0.717, 1.165) is 45.1 Å². The number of fused-ring (bicyclic) bond motifs is 1. The van der Waals surface area contributed by atoms with Gasteiger partial charge in [0, 0.05) is 6.54 Å². The van der Waals surface area contributed by atoms with Crippen LogP contribution in [0.15, 0.2) is 26.9 Å². The molecule has 0 spiro atoms. The number of rotatable bonds is 5. The van der Waals surface area contributed by atoms with Gasteiger partial charge in [0.2, 0.25) is 5.91 Å². The Morgan fingerprint density at radius 1 is 1.27 bits per heavy atom. The number of ether oxygens (including phenoxy) is 2. The Morgan fingerprint density at radius 2 is 2.08 bits per heavy atom. The van der Waals surface area contributed by atoms with Gasteiger partial charge in [0.15, 0.2) is 20.2 Å². The predicted octanol–water partition coefficient (Wildman–Crippen LogP) is 3.49. The lowest BCUT2D eigenvalue weighted by molar-refractivity contribution is -0.129. The highest BCUT2D eigenvalue weighted by molar-refractivity contribution is 8.03. The first-order valence-electron chi connectivity index (χ1n) is 8.44. The molecule has 6 nitrogen and oxygen atoms in total. The van der Waals surface area contributed by atoms with Gasteiger partial charge in [-0.05, 0) is 36.8 Å². The number of hydrogen-bond donors (Lipinski definition) is 0. The second-order valence-electron chi connectivity index (χ2n) is 5.97. The van der Waals surface area contributed by atoms with Crippen molar-refractivity contribution in [3.05, 3.63) is 23.8 Å². The summed E-state index contributed by atoms with van der Waals surface area (Å²) in [7, 11) is 0. The third-order valence-electron chi connectivity index (χ3n) is 4.41. The molecule has 138 valence electrons. The fraction of sp³-hybridized carbons (Fsp3) is 0.471. The Hall–Kier alpha value is -1.45. The van der Waals surface area contributed by atoms with Crippen molar-refractivity contribution in [2.45, 2.75) is 27.6 Å². The molecule has 2 aliphatic heterocycles. The third-order valence-corrected chi connectivity index (χ3v) is 7.42. The lowest BCUT2D eigenvalue weighted by Crippen LogP contribution is -2.32. The van der Waals surface area contributed by atoms with Crippen molar-refractivity contribution in [1.82, 2.24) is 15.1 Å². The lowest BCUT2D eigenvalue weighted by atomic mass is 10.0. The van der Waals surface area contributed by atoms with Gasteiger partial charge in [-0.2, -0.15) is 0 Å². The van der Waals surface area contributed by atoms with Gasteiger partial charge in [0.05, 0.1) is 11.8 Å². The smallest absolute Gasteiger partial charge is 0.233 e. The molecule has 1 amide bonds. The molecule has 0 bridgehead atoms. The Balaban J connectivity index is 1.43. The fourth-order valence-electron chi connectivity index (χ4n) is 3.22. The zero-order valence-corrected chi connectivity index (χ0v) is 16.8. The van der Waals surface area contributed by atoms with Crippen LogP contribution in [-0.4, -0.2) is 52.8 Å². The molecule has 3 heterocycles. The fourth-order valence-corrected chi connectivity index (χ4v) is 5.55. The van der Waals surface area contributed by atoms with Gasteiger partial charge >= 0.3 is 0 Å². The molecule has 1 fully saturated rings. The molecule has 0 saturated carbocycles. The summed E-state index contributed by atoms with van der Waals surface area (Å²) in [5.41, 5.74) is 1.12. The number of likely N-dealkylation sites (tertiary alicyclic amines) is 1. The van der Waals surface area contributed by atoms with Crippen LogP contribution < -0.4 is 9.47 Å². The molecular weight excluding hydrogens is 390 g/mol. The molecule has 0 N–H and O–H groups in total. The van der Waals surface area contributed by atoms with E-state index in [-0.39, 0.29) is 11.9 Å². The molecule has 2 aromatic rings. The predicted molar refractivity (Wildman–Crippen MR) is 104 cm³/mol. The van der Waals surface area contributed by atoms with Crippen LogP contribution in [0.2, 0.25) is 0 Å². The third kappa shape index (κ3) is 3.79. The molecular formula is C17H19N3O3S3. The maximum Gasteiger partial charge on any atom is 0.233 e. The quantitative estimate of drug-likeness (QED) is 0.701. The summed E-state index contributed by atoms with van der Waals surface area (Å²) < 4.78 is 13.1. The highest BCUT2D eigenvalue weighted by atomic mass is 32.2. The number of amides is 1. The maximum atomic E-state index is 12.8. The number of nitrogens with zero attached hydrogens (tertiary/aromatic N) is 3. The van der Waals surface area contributed by atoms with Crippen LogP contribution in [0.5, 0.6) is 11.5 Å². The maximum absolute atomic E-state index is 12.8. The minimum Gasteiger partial charge on any atom is -0.486 e. The molecule has 0 radical (unpaired) electrons. The van der Waals surface area contributed by atoms with E-state index in [4.69, 9.17) is 9.47 Å². The highest BCUT2D eigenvalue weighted by Crippen LogP contribution is 2.38. The van der Waals surface area contributed by atoms with Crippen LogP contribution >= 0.6 is 34.9 Å². The number of thioether (sulfide) groups is 2. The van der Waals surface area contributed by atoms with Crippen LogP contribution in [0.4, 0.5) is 0 Å². The van der Waals surface area contributed by atoms with Gasteiger partial charge < -0.3 is 14.4 Å². The van der Waals surface area contributed by atoms with E-state index >= 15 is 0 Å².